The zero-order valence-corrected chi connectivity index (χ0v) is 16.1. The van der Waals surface area contributed by atoms with Crippen LogP contribution in [0.3, 0.4) is 0 Å². The lowest BCUT2D eigenvalue weighted by Gasteiger charge is -2.25. The lowest BCUT2D eigenvalue weighted by atomic mass is 9.86. The van der Waals surface area contributed by atoms with E-state index in [1.807, 2.05) is 54.6 Å². The number of hydrogen-bond acceptors (Lipinski definition) is 5. The molecule has 2 heterocycles. The zero-order chi connectivity index (χ0) is 19.5. The van der Waals surface area contributed by atoms with Gasteiger partial charge in [-0.2, -0.15) is 0 Å². The first-order valence-electron chi connectivity index (χ1n) is 8.89. The minimum Gasteiger partial charge on any atom is -0.496 e. The van der Waals surface area contributed by atoms with Crippen molar-refractivity contribution in [1.82, 2.24) is 9.97 Å². The van der Waals surface area contributed by atoms with Crippen molar-refractivity contribution in [2.24, 2.45) is 0 Å². The van der Waals surface area contributed by atoms with E-state index in [0.29, 0.717) is 28.0 Å². The molecule has 1 atom stereocenters. The molecule has 1 aliphatic rings. The molecule has 0 aliphatic carbocycles. The molecule has 0 spiro atoms. The van der Waals surface area contributed by atoms with E-state index in [9.17, 15) is 9.59 Å². The van der Waals surface area contributed by atoms with E-state index < -0.39 is 5.92 Å². The molecule has 3 aromatic rings. The topological polar surface area (TPSA) is 84.1 Å². The number of benzene rings is 2. The number of rotatable bonds is 5. The van der Waals surface area contributed by atoms with Gasteiger partial charge in [0.05, 0.1) is 12.7 Å². The van der Waals surface area contributed by atoms with Gasteiger partial charge in [0, 0.05) is 23.7 Å². The van der Waals surface area contributed by atoms with Gasteiger partial charge in [0.15, 0.2) is 5.16 Å². The Morgan fingerprint density at radius 3 is 2.64 bits per heavy atom. The molecule has 0 bridgehead atoms. The summed E-state index contributed by atoms with van der Waals surface area (Å²) < 4.78 is 5.43. The van der Waals surface area contributed by atoms with Crippen molar-refractivity contribution in [2.45, 2.75) is 23.2 Å². The van der Waals surface area contributed by atoms with Crippen molar-refractivity contribution in [3.63, 3.8) is 0 Å². The number of thioether (sulfide) groups is 1. The molecule has 0 radical (unpaired) electrons. The molecule has 1 unspecified atom stereocenters. The van der Waals surface area contributed by atoms with Crippen LogP contribution in [0.1, 0.15) is 29.0 Å². The normalized spacial score (nSPS) is 15.6. The number of aromatic nitrogens is 2. The van der Waals surface area contributed by atoms with E-state index in [2.05, 4.69) is 15.3 Å². The summed E-state index contributed by atoms with van der Waals surface area (Å²) in [5, 5.41) is 3.23. The predicted octanol–water partition coefficient (Wildman–Crippen LogP) is 3.54. The minimum atomic E-state index is -0.399. The third-order valence-electron chi connectivity index (χ3n) is 4.66. The Kier molecular flexibility index (Phi) is 5.16. The second-order valence-electron chi connectivity index (χ2n) is 6.45. The molecule has 142 valence electrons. The van der Waals surface area contributed by atoms with Crippen LogP contribution in [-0.2, 0) is 10.5 Å². The number of fused-ring (bicyclic) bond motifs is 1. The summed E-state index contributed by atoms with van der Waals surface area (Å²) in [7, 11) is 1.58. The number of aromatic amines is 1. The molecule has 1 aliphatic heterocycles. The SMILES string of the molecule is COc1ccccc1C1CC(=O)Nc2nc(SCc3ccccc3)[nH]c(=O)c21. The van der Waals surface area contributed by atoms with Crippen molar-refractivity contribution < 1.29 is 9.53 Å². The highest BCUT2D eigenvalue weighted by Gasteiger charge is 2.32. The molecule has 1 amide bonds. The second kappa shape index (κ2) is 7.90. The van der Waals surface area contributed by atoms with Crippen LogP contribution in [0.15, 0.2) is 64.5 Å². The zero-order valence-electron chi connectivity index (χ0n) is 15.3. The van der Waals surface area contributed by atoms with Gasteiger partial charge in [-0.15, -0.1) is 0 Å². The number of nitrogens with zero attached hydrogens (tertiary/aromatic N) is 1. The van der Waals surface area contributed by atoms with Gasteiger partial charge in [-0.05, 0) is 11.6 Å². The number of carbonyl (C=O) groups is 1. The van der Waals surface area contributed by atoms with Gasteiger partial charge in [-0.1, -0.05) is 60.3 Å². The molecule has 0 fully saturated rings. The lowest BCUT2D eigenvalue weighted by molar-refractivity contribution is -0.116. The molecule has 28 heavy (non-hydrogen) atoms. The van der Waals surface area contributed by atoms with Crippen LogP contribution < -0.4 is 15.6 Å². The van der Waals surface area contributed by atoms with E-state index in [-0.39, 0.29) is 17.9 Å². The van der Waals surface area contributed by atoms with Crippen LogP contribution in [0.25, 0.3) is 0 Å². The summed E-state index contributed by atoms with van der Waals surface area (Å²) in [6.45, 7) is 0. The van der Waals surface area contributed by atoms with Crippen LogP contribution in [0.5, 0.6) is 5.75 Å². The van der Waals surface area contributed by atoms with Gasteiger partial charge >= 0.3 is 0 Å². The highest BCUT2D eigenvalue weighted by Crippen LogP contribution is 2.38. The monoisotopic (exact) mass is 393 g/mol. The van der Waals surface area contributed by atoms with Gasteiger partial charge in [0.1, 0.15) is 11.6 Å². The Bertz CT molecular complexity index is 1070. The maximum absolute atomic E-state index is 12.9. The van der Waals surface area contributed by atoms with Crippen LogP contribution in [0, 0.1) is 0 Å². The predicted molar refractivity (Wildman–Crippen MR) is 109 cm³/mol. The van der Waals surface area contributed by atoms with Gasteiger partial charge in [0.2, 0.25) is 5.91 Å². The molecule has 7 heteroatoms. The van der Waals surface area contributed by atoms with E-state index in [1.54, 1.807) is 7.11 Å². The van der Waals surface area contributed by atoms with Gasteiger partial charge in [0.25, 0.3) is 5.56 Å². The number of para-hydroxylation sites is 1. The fourth-order valence-corrected chi connectivity index (χ4v) is 4.18. The number of H-pyrrole nitrogens is 1. The first kappa shape index (κ1) is 18.3. The minimum absolute atomic E-state index is 0.166. The molecule has 0 saturated carbocycles. The number of hydrogen-bond donors (Lipinski definition) is 2. The van der Waals surface area contributed by atoms with Crippen molar-refractivity contribution in [3.8, 4) is 5.75 Å². The van der Waals surface area contributed by atoms with Crippen molar-refractivity contribution in [2.75, 3.05) is 12.4 Å². The fraction of sp³-hybridized carbons (Fsp3) is 0.190. The van der Waals surface area contributed by atoms with Gasteiger partial charge < -0.3 is 15.0 Å². The third-order valence-corrected chi connectivity index (χ3v) is 5.61. The molecule has 4 rings (SSSR count). The molecular formula is C21H19N3O3S. The Hall–Kier alpha value is -3.06. The highest BCUT2D eigenvalue weighted by molar-refractivity contribution is 7.98. The summed E-state index contributed by atoms with van der Waals surface area (Å²) >= 11 is 1.42. The summed E-state index contributed by atoms with van der Waals surface area (Å²) in [4.78, 5) is 32.6. The summed E-state index contributed by atoms with van der Waals surface area (Å²) in [6, 6.07) is 17.4. The Morgan fingerprint density at radius 1 is 1.11 bits per heavy atom. The Balaban J connectivity index is 1.69. The number of methoxy groups -OCH3 is 1. The van der Waals surface area contributed by atoms with Crippen LogP contribution >= 0.6 is 11.8 Å². The first-order valence-corrected chi connectivity index (χ1v) is 9.88. The second-order valence-corrected chi connectivity index (χ2v) is 7.42. The van der Waals surface area contributed by atoms with Gasteiger partial charge in [-0.3, -0.25) is 9.59 Å². The van der Waals surface area contributed by atoms with Crippen molar-refractivity contribution in [1.29, 1.82) is 0 Å². The largest absolute Gasteiger partial charge is 0.496 e. The smallest absolute Gasteiger partial charge is 0.257 e. The van der Waals surface area contributed by atoms with Gasteiger partial charge in [-0.25, -0.2) is 4.98 Å². The molecule has 2 N–H and O–H groups in total. The third kappa shape index (κ3) is 3.66. The van der Waals surface area contributed by atoms with E-state index >= 15 is 0 Å². The van der Waals surface area contributed by atoms with E-state index in [1.165, 1.54) is 11.8 Å². The van der Waals surface area contributed by atoms with E-state index in [4.69, 9.17) is 4.74 Å². The van der Waals surface area contributed by atoms with E-state index in [0.717, 1.165) is 11.1 Å². The quantitative estimate of drug-likeness (QED) is 0.512. The highest BCUT2D eigenvalue weighted by atomic mass is 32.2. The number of ether oxygens (including phenoxy) is 1. The van der Waals surface area contributed by atoms with Crippen molar-refractivity contribution >= 4 is 23.5 Å². The number of nitrogens with one attached hydrogen (secondary N) is 2. The Labute approximate surface area is 166 Å². The van der Waals surface area contributed by atoms with Crippen LogP contribution in [0.2, 0.25) is 0 Å². The Morgan fingerprint density at radius 2 is 1.86 bits per heavy atom. The number of anilines is 1. The van der Waals surface area contributed by atoms with Crippen molar-refractivity contribution in [3.05, 3.63) is 81.6 Å². The maximum Gasteiger partial charge on any atom is 0.257 e. The maximum atomic E-state index is 12.9. The first-order chi connectivity index (χ1) is 13.7. The molecule has 0 saturated heterocycles. The molecular weight excluding hydrogens is 374 g/mol. The van der Waals surface area contributed by atoms with Crippen LogP contribution in [-0.4, -0.2) is 23.0 Å². The standard InChI is InChI=1S/C21H19N3O3S/c1-27-16-10-6-5-9-14(16)15-11-17(25)22-19-18(15)20(26)24-21(23-19)28-12-13-7-3-2-4-8-13/h2-10,15H,11-12H2,1H3,(H2,22,23,24,25,26). The summed E-state index contributed by atoms with van der Waals surface area (Å²) in [6.07, 6.45) is 0.175. The lowest BCUT2D eigenvalue weighted by Crippen LogP contribution is -2.31. The molecule has 1 aromatic heterocycles. The summed E-state index contributed by atoms with van der Waals surface area (Å²) in [5.41, 5.74) is 2.16. The molecule has 2 aromatic carbocycles. The number of amides is 1. The summed E-state index contributed by atoms with van der Waals surface area (Å²) in [5.74, 6) is 1.08. The number of carbonyl (C=O) groups excluding carboxylic acids is 1. The average molecular weight is 393 g/mol. The average Bonchev–Trinajstić information content (AvgIpc) is 2.72. The van der Waals surface area contributed by atoms with Crippen LogP contribution in [0.4, 0.5) is 5.82 Å². The fourth-order valence-electron chi connectivity index (χ4n) is 3.36. The molecule has 6 nitrogen and oxygen atoms in total.